The Balaban J connectivity index is 4.12. The molecule has 0 aliphatic carbocycles. The lowest BCUT2D eigenvalue weighted by molar-refractivity contribution is -0.440. The Kier molecular flexibility index (Phi) is 4.16. The number of rotatable bonds is 5. The number of nitrogens with zero attached hydrogens (tertiary/aromatic N) is 9. The molecule has 15 nitrogen and oxygen atoms in total. The van der Waals surface area contributed by atoms with Gasteiger partial charge in [-0.3, -0.25) is 30.3 Å². The third-order valence-corrected chi connectivity index (χ3v) is 2.06. The zero-order chi connectivity index (χ0) is 16.2. The summed E-state index contributed by atoms with van der Waals surface area (Å²) in [6.07, 6.45) is 0. The molecule has 0 heterocycles. The van der Waals surface area contributed by atoms with E-state index in [0.717, 1.165) is 0 Å². The predicted octanol–water partition coefficient (Wildman–Crippen LogP) is 3.29. The van der Waals surface area contributed by atoms with Gasteiger partial charge in [-0.1, -0.05) is 10.2 Å². The number of hydrogen-bond acceptors (Lipinski definition) is 8. The molecule has 0 atom stereocenters. The number of nitro groups is 3. The van der Waals surface area contributed by atoms with Crippen LogP contribution in [0, 0.1) is 30.3 Å². The van der Waals surface area contributed by atoms with Crippen LogP contribution >= 0.6 is 0 Å². The van der Waals surface area contributed by atoms with E-state index < -0.39 is 43.2 Å². The fraction of sp³-hybridized carbons (Fsp3) is 0. The first kappa shape index (κ1) is 15.1. The third-order valence-electron chi connectivity index (χ3n) is 2.06. The quantitative estimate of drug-likeness (QED) is 0.259. The molecule has 106 valence electrons. The highest BCUT2D eigenvalue weighted by atomic mass is 16.6. The number of hydrogen-bond donors (Lipinski definition) is 0. The van der Waals surface area contributed by atoms with Crippen LogP contribution < -0.4 is 0 Å². The number of benzene rings is 1. The summed E-state index contributed by atoms with van der Waals surface area (Å²) in [5.41, 5.74) is 10.5. The summed E-state index contributed by atoms with van der Waals surface area (Å²) < 4.78 is 0. The highest BCUT2D eigenvalue weighted by Crippen LogP contribution is 2.49. The zero-order valence-corrected chi connectivity index (χ0v) is 9.55. The summed E-state index contributed by atoms with van der Waals surface area (Å²) in [4.78, 5) is 33.0. The highest BCUT2D eigenvalue weighted by molar-refractivity contribution is 5.85. The van der Waals surface area contributed by atoms with Crippen molar-refractivity contribution in [3.8, 4) is 0 Å². The molecule has 0 amide bonds. The molecule has 0 unspecified atom stereocenters. The van der Waals surface area contributed by atoms with Gasteiger partial charge >= 0.3 is 17.1 Å². The molecule has 15 heteroatoms. The molecule has 21 heavy (non-hydrogen) atoms. The Morgan fingerprint density at radius 3 is 1.38 bits per heavy atom. The molecule has 0 spiro atoms. The Bertz CT molecular complexity index is 704. The van der Waals surface area contributed by atoms with Crippen LogP contribution in [0.3, 0.4) is 0 Å². The maximum absolute atomic E-state index is 10.9. The van der Waals surface area contributed by atoms with E-state index in [-0.39, 0.29) is 0 Å². The zero-order valence-electron chi connectivity index (χ0n) is 9.55. The molecule has 0 radical (unpaired) electrons. The van der Waals surface area contributed by atoms with Gasteiger partial charge in [-0.25, -0.2) is 0 Å². The molecule has 0 saturated heterocycles. The van der Waals surface area contributed by atoms with Crippen LogP contribution in [0.15, 0.2) is 16.3 Å². The van der Waals surface area contributed by atoms with Crippen LogP contribution in [-0.4, -0.2) is 14.8 Å². The Morgan fingerprint density at radius 2 is 1.14 bits per heavy atom. The average Bonchev–Trinajstić information content (AvgIpc) is 2.37. The van der Waals surface area contributed by atoms with Crippen molar-refractivity contribution in [2.24, 2.45) is 10.2 Å². The lowest BCUT2D eigenvalue weighted by Gasteiger charge is -2.02. The van der Waals surface area contributed by atoms with E-state index in [2.05, 4.69) is 20.1 Å². The van der Waals surface area contributed by atoms with Crippen molar-refractivity contribution in [3.63, 3.8) is 0 Å². The highest BCUT2D eigenvalue weighted by Gasteiger charge is 2.41. The molecule has 1 aromatic carbocycles. The van der Waals surface area contributed by atoms with Crippen molar-refractivity contribution in [2.45, 2.75) is 0 Å². The fourth-order valence-electron chi connectivity index (χ4n) is 1.40. The maximum Gasteiger partial charge on any atom is 0.423 e. The second kappa shape index (κ2) is 5.79. The Labute approximate surface area is 112 Å². The minimum absolute atomic E-state index is 0.517. The van der Waals surface area contributed by atoms with Gasteiger partial charge in [0, 0.05) is 9.82 Å². The summed E-state index contributed by atoms with van der Waals surface area (Å²) in [6, 6.07) is 0.517. The number of azide groups is 2. The normalized spacial score (nSPS) is 9.14. The molecule has 0 saturated carbocycles. The Morgan fingerprint density at radius 1 is 0.810 bits per heavy atom. The van der Waals surface area contributed by atoms with Crippen molar-refractivity contribution in [3.05, 3.63) is 57.3 Å². The molecule has 0 N–H and O–H groups in total. The third kappa shape index (κ3) is 2.73. The van der Waals surface area contributed by atoms with E-state index in [4.69, 9.17) is 11.1 Å². The van der Waals surface area contributed by atoms with Crippen molar-refractivity contribution >= 4 is 28.4 Å². The minimum atomic E-state index is -1.54. The maximum atomic E-state index is 10.9. The van der Waals surface area contributed by atoms with E-state index in [0.29, 0.717) is 6.07 Å². The van der Waals surface area contributed by atoms with Crippen molar-refractivity contribution in [1.29, 1.82) is 0 Å². The Hall–Kier alpha value is -3.96. The summed E-state index contributed by atoms with van der Waals surface area (Å²) >= 11 is 0. The number of nitro benzene ring substituents is 3. The average molecular weight is 295 g/mol. The van der Waals surface area contributed by atoms with Gasteiger partial charge in [0.1, 0.15) is 11.4 Å². The SMILES string of the molecule is [N-]=[N+]=Nc1cc(N=[N+]=[N-])c([N+](=O)[O-])c([N+](=O)[O-])c1[N+](=O)[O-]. The molecule has 0 aromatic heterocycles. The van der Waals surface area contributed by atoms with Crippen molar-refractivity contribution in [2.75, 3.05) is 0 Å². The van der Waals surface area contributed by atoms with Gasteiger partial charge in [-0.2, -0.15) is 0 Å². The van der Waals surface area contributed by atoms with Crippen molar-refractivity contribution in [1.82, 2.24) is 0 Å². The molecular formula is C6HN9O6. The fourth-order valence-corrected chi connectivity index (χ4v) is 1.40. The summed E-state index contributed by atoms with van der Waals surface area (Å²) in [6.45, 7) is 0. The van der Waals surface area contributed by atoms with Gasteiger partial charge in [-0.05, 0) is 17.1 Å². The monoisotopic (exact) mass is 295 g/mol. The second-order valence-electron chi connectivity index (χ2n) is 3.11. The molecule has 0 bridgehead atoms. The van der Waals surface area contributed by atoms with Crippen LogP contribution in [0.2, 0.25) is 0 Å². The summed E-state index contributed by atoms with van der Waals surface area (Å²) in [7, 11) is 0. The minimum Gasteiger partial charge on any atom is -0.258 e. The van der Waals surface area contributed by atoms with Gasteiger partial charge < -0.3 is 0 Å². The summed E-state index contributed by atoms with van der Waals surface area (Å²) in [5.74, 6) is 0. The van der Waals surface area contributed by atoms with E-state index in [1.807, 2.05) is 0 Å². The predicted molar refractivity (Wildman–Crippen MR) is 64.0 cm³/mol. The summed E-state index contributed by atoms with van der Waals surface area (Å²) in [5, 5.41) is 38.3. The molecule has 0 aliphatic heterocycles. The van der Waals surface area contributed by atoms with Gasteiger partial charge in [-0.15, -0.1) is 0 Å². The lowest BCUT2D eigenvalue weighted by Crippen LogP contribution is -2.02. The first-order valence-electron chi connectivity index (χ1n) is 4.59. The topological polar surface area (TPSA) is 227 Å². The van der Waals surface area contributed by atoms with Crippen LogP contribution in [0.25, 0.3) is 20.9 Å². The van der Waals surface area contributed by atoms with E-state index >= 15 is 0 Å². The first-order valence-corrected chi connectivity index (χ1v) is 4.59. The smallest absolute Gasteiger partial charge is 0.258 e. The van der Waals surface area contributed by atoms with E-state index in [1.165, 1.54) is 0 Å². The van der Waals surface area contributed by atoms with Gasteiger partial charge in [0.2, 0.25) is 0 Å². The van der Waals surface area contributed by atoms with Crippen LogP contribution in [-0.2, 0) is 0 Å². The molecule has 1 aromatic rings. The lowest BCUT2D eigenvalue weighted by atomic mass is 10.1. The van der Waals surface area contributed by atoms with Crippen LogP contribution in [0.5, 0.6) is 0 Å². The molecule has 0 aliphatic rings. The molecule has 0 fully saturated rings. The van der Waals surface area contributed by atoms with E-state index in [9.17, 15) is 30.3 Å². The van der Waals surface area contributed by atoms with Crippen LogP contribution in [0.1, 0.15) is 0 Å². The molecule has 1 rings (SSSR count). The van der Waals surface area contributed by atoms with Gasteiger partial charge in [0.05, 0.1) is 14.8 Å². The first-order chi connectivity index (χ1) is 9.84. The largest absolute Gasteiger partial charge is 0.423 e. The van der Waals surface area contributed by atoms with E-state index in [1.54, 1.807) is 0 Å². The van der Waals surface area contributed by atoms with Crippen molar-refractivity contribution < 1.29 is 14.8 Å². The standard InChI is InChI=1S/C6HN9O6/c7-11-9-2-1-3(10-12-8)5(14(18)19)6(15(20)21)4(2)13(16)17/h1H. The molecular weight excluding hydrogens is 294 g/mol. The van der Waals surface area contributed by atoms with Gasteiger partial charge in [0.15, 0.2) is 0 Å². The second-order valence-corrected chi connectivity index (χ2v) is 3.11. The van der Waals surface area contributed by atoms with Crippen LogP contribution in [0.4, 0.5) is 28.4 Å². The van der Waals surface area contributed by atoms with Gasteiger partial charge in [0.25, 0.3) is 0 Å².